The summed E-state index contributed by atoms with van der Waals surface area (Å²) in [6, 6.07) is 16.0. The molecule has 2 aromatic rings. The van der Waals surface area contributed by atoms with Crippen LogP contribution in [0.3, 0.4) is 0 Å². The van der Waals surface area contributed by atoms with Gasteiger partial charge in [0.15, 0.2) is 6.73 Å². The smallest absolute Gasteiger partial charge is 0.161 e. The van der Waals surface area contributed by atoms with E-state index < -0.39 is 0 Å². The molecule has 1 heterocycles. The Bertz CT molecular complexity index is 539. The van der Waals surface area contributed by atoms with Gasteiger partial charge in [-0.3, -0.25) is 0 Å². The molecule has 0 bridgehead atoms. The van der Waals surface area contributed by atoms with Crippen molar-refractivity contribution >= 4 is 5.69 Å². The van der Waals surface area contributed by atoms with Crippen molar-refractivity contribution < 1.29 is 9.84 Å². The molecule has 0 aromatic heterocycles. The summed E-state index contributed by atoms with van der Waals surface area (Å²) in [6.45, 7) is 1.45. The van der Waals surface area contributed by atoms with Crippen molar-refractivity contribution in [1.82, 2.24) is 0 Å². The Balaban J connectivity index is 1.88. The molecule has 92 valence electrons. The highest BCUT2D eigenvalue weighted by atomic mass is 16.5. The summed E-state index contributed by atoms with van der Waals surface area (Å²) in [5, 5.41) is 9.17. The van der Waals surface area contributed by atoms with E-state index in [1.165, 1.54) is 0 Å². The first-order valence-corrected chi connectivity index (χ1v) is 6.02. The number of benzene rings is 2. The third-order valence-corrected chi connectivity index (χ3v) is 3.17. The van der Waals surface area contributed by atoms with Gasteiger partial charge < -0.3 is 14.7 Å². The first-order chi connectivity index (χ1) is 8.86. The lowest BCUT2D eigenvalue weighted by Crippen LogP contribution is -2.31. The van der Waals surface area contributed by atoms with E-state index in [9.17, 15) is 0 Å². The predicted molar refractivity (Wildman–Crippen MR) is 70.5 cm³/mol. The minimum Gasteiger partial charge on any atom is -0.473 e. The molecule has 2 aromatic carbocycles. The van der Waals surface area contributed by atoms with Gasteiger partial charge in [-0.2, -0.15) is 0 Å². The molecule has 0 radical (unpaired) electrons. The first-order valence-electron chi connectivity index (χ1n) is 6.02. The Labute approximate surface area is 106 Å². The normalized spacial score (nSPS) is 13.9. The number of ether oxygens (including phenoxy) is 1. The molecule has 0 amide bonds. The highest BCUT2D eigenvalue weighted by molar-refractivity contribution is 5.50. The van der Waals surface area contributed by atoms with Gasteiger partial charge in [0.05, 0.1) is 6.61 Å². The van der Waals surface area contributed by atoms with Crippen LogP contribution in [0.5, 0.6) is 5.75 Å². The average Bonchev–Trinajstić information content (AvgIpc) is 2.47. The number of hydrogen-bond acceptors (Lipinski definition) is 3. The number of aliphatic hydroxyl groups is 1. The predicted octanol–water partition coefficient (Wildman–Crippen LogP) is 2.54. The standard InChI is InChI=1S/C15H15NO2/c17-10-12-6-7-15-13(8-12)9-16(11-18-15)14-4-2-1-3-5-14/h1-8,17H,9-11H2. The zero-order chi connectivity index (χ0) is 12.4. The molecule has 0 atom stereocenters. The molecule has 0 unspecified atom stereocenters. The van der Waals surface area contributed by atoms with E-state index in [0.29, 0.717) is 6.73 Å². The fourth-order valence-electron chi connectivity index (χ4n) is 2.20. The van der Waals surface area contributed by atoms with Crippen LogP contribution in [-0.4, -0.2) is 11.8 Å². The molecular formula is C15H15NO2. The van der Waals surface area contributed by atoms with E-state index in [1.54, 1.807) is 0 Å². The molecule has 18 heavy (non-hydrogen) atoms. The van der Waals surface area contributed by atoms with E-state index in [4.69, 9.17) is 9.84 Å². The first kappa shape index (κ1) is 11.1. The number of hydrogen-bond donors (Lipinski definition) is 1. The monoisotopic (exact) mass is 241 g/mol. The van der Waals surface area contributed by atoms with E-state index in [-0.39, 0.29) is 6.61 Å². The zero-order valence-corrected chi connectivity index (χ0v) is 10.0. The number of para-hydroxylation sites is 1. The van der Waals surface area contributed by atoms with Gasteiger partial charge in [0.25, 0.3) is 0 Å². The Hall–Kier alpha value is -2.00. The van der Waals surface area contributed by atoms with Crippen LogP contribution in [0, 0.1) is 0 Å². The summed E-state index contributed by atoms with van der Waals surface area (Å²) >= 11 is 0. The summed E-state index contributed by atoms with van der Waals surface area (Å²) < 4.78 is 5.73. The molecule has 1 aliphatic rings. The van der Waals surface area contributed by atoms with Crippen molar-refractivity contribution in [3.05, 3.63) is 59.7 Å². The largest absolute Gasteiger partial charge is 0.473 e. The fraction of sp³-hybridized carbons (Fsp3) is 0.200. The van der Waals surface area contributed by atoms with Gasteiger partial charge in [-0.05, 0) is 29.8 Å². The minimum atomic E-state index is 0.0681. The molecule has 0 spiro atoms. The summed E-state index contributed by atoms with van der Waals surface area (Å²) in [6.07, 6.45) is 0. The van der Waals surface area contributed by atoms with Crippen LogP contribution in [0.1, 0.15) is 11.1 Å². The lowest BCUT2D eigenvalue weighted by Gasteiger charge is -2.31. The summed E-state index contributed by atoms with van der Waals surface area (Å²) in [4.78, 5) is 2.17. The molecule has 1 aliphatic heterocycles. The average molecular weight is 241 g/mol. The minimum absolute atomic E-state index is 0.0681. The van der Waals surface area contributed by atoms with Crippen LogP contribution >= 0.6 is 0 Å². The second kappa shape index (κ2) is 4.70. The van der Waals surface area contributed by atoms with Gasteiger partial charge in [-0.15, -0.1) is 0 Å². The van der Waals surface area contributed by atoms with Crippen molar-refractivity contribution in [3.8, 4) is 5.75 Å². The number of anilines is 1. The quantitative estimate of drug-likeness (QED) is 0.877. The van der Waals surface area contributed by atoms with Crippen molar-refractivity contribution in [2.45, 2.75) is 13.2 Å². The highest BCUT2D eigenvalue weighted by Crippen LogP contribution is 2.28. The maximum absolute atomic E-state index is 9.17. The Kier molecular flexibility index (Phi) is 2.90. The Morgan fingerprint density at radius 2 is 1.94 bits per heavy atom. The SMILES string of the molecule is OCc1ccc2c(c1)CN(c1ccccc1)CO2. The number of nitrogens with zero attached hydrogens (tertiary/aromatic N) is 1. The Morgan fingerprint density at radius 3 is 2.72 bits per heavy atom. The Morgan fingerprint density at radius 1 is 1.11 bits per heavy atom. The maximum Gasteiger partial charge on any atom is 0.161 e. The van der Waals surface area contributed by atoms with E-state index >= 15 is 0 Å². The molecular weight excluding hydrogens is 226 g/mol. The van der Waals surface area contributed by atoms with Gasteiger partial charge in [0.1, 0.15) is 5.75 Å². The maximum atomic E-state index is 9.17. The highest BCUT2D eigenvalue weighted by Gasteiger charge is 2.17. The van der Waals surface area contributed by atoms with Crippen molar-refractivity contribution in [2.75, 3.05) is 11.6 Å². The van der Waals surface area contributed by atoms with Gasteiger partial charge in [-0.25, -0.2) is 0 Å². The molecule has 3 rings (SSSR count). The fourth-order valence-corrected chi connectivity index (χ4v) is 2.20. The van der Waals surface area contributed by atoms with Crippen molar-refractivity contribution in [2.24, 2.45) is 0 Å². The zero-order valence-electron chi connectivity index (χ0n) is 10.0. The molecule has 0 aliphatic carbocycles. The third kappa shape index (κ3) is 2.05. The van der Waals surface area contributed by atoms with Crippen LogP contribution in [0.2, 0.25) is 0 Å². The molecule has 0 fully saturated rings. The summed E-state index contributed by atoms with van der Waals surface area (Å²) in [5.74, 6) is 0.916. The number of aliphatic hydroxyl groups excluding tert-OH is 1. The van der Waals surface area contributed by atoms with Gasteiger partial charge in [-0.1, -0.05) is 24.3 Å². The molecule has 1 N–H and O–H groups in total. The van der Waals surface area contributed by atoms with E-state index in [1.807, 2.05) is 36.4 Å². The van der Waals surface area contributed by atoms with Crippen LogP contribution in [-0.2, 0) is 13.2 Å². The molecule has 3 nitrogen and oxygen atoms in total. The summed E-state index contributed by atoms with van der Waals surface area (Å²) in [7, 11) is 0. The topological polar surface area (TPSA) is 32.7 Å². The van der Waals surface area contributed by atoms with Crippen LogP contribution in [0.15, 0.2) is 48.5 Å². The van der Waals surface area contributed by atoms with Crippen molar-refractivity contribution in [3.63, 3.8) is 0 Å². The lowest BCUT2D eigenvalue weighted by atomic mass is 10.1. The second-order valence-electron chi connectivity index (χ2n) is 4.41. The van der Waals surface area contributed by atoms with Crippen LogP contribution in [0.25, 0.3) is 0 Å². The van der Waals surface area contributed by atoms with E-state index in [0.717, 1.165) is 29.1 Å². The summed E-state index contributed by atoms with van der Waals surface area (Å²) in [5.41, 5.74) is 3.20. The van der Waals surface area contributed by atoms with Gasteiger partial charge >= 0.3 is 0 Å². The lowest BCUT2D eigenvalue weighted by molar-refractivity contribution is 0.277. The molecule has 0 saturated carbocycles. The number of rotatable bonds is 2. The van der Waals surface area contributed by atoms with Gasteiger partial charge in [0, 0.05) is 17.8 Å². The molecule has 0 saturated heterocycles. The molecule has 3 heteroatoms. The van der Waals surface area contributed by atoms with Gasteiger partial charge in [0.2, 0.25) is 0 Å². The van der Waals surface area contributed by atoms with E-state index in [2.05, 4.69) is 17.0 Å². The third-order valence-electron chi connectivity index (χ3n) is 3.17. The van der Waals surface area contributed by atoms with Crippen molar-refractivity contribution in [1.29, 1.82) is 0 Å². The second-order valence-corrected chi connectivity index (χ2v) is 4.41. The van der Waals surface area contributed by atoms with Crippen LogP contribution in [0.4, 0.5) is 5.69 Å². The van der Waals surface area contributed by atoms with Crippen LogP contribution < -0.4 is 9.64 Å². The number of fused-ring (bicyclic) bond motifs is 1.